The fourth-order valence-electron chi connectivity index (χ4n) is 3.94. The standard InChI is InChI=1S/C28H38BNO5/c1-18(25(32)33)23(30-24(31)20-11-13-21(14-12-20)26(2,3)4)17-19-9-15-22(16-10-19)29-34-27(5,6)28(7,8)35-29/h9-16,18,23H,17H2,1-8H3,(H,30,31)(H,32,33)/t18-,23?/m0/s1. The lowest BCUT2D eigenvalue weighted by molar-refractivity contribution is -0.141. The maximum Gasteiger partial charge on any atom is 0.494 e. The van der Waals surface area contributed by atoms with E-state index in [0.717, 1.165) is 16.6 Å². The topological polar surface area (TPSA) is 84.9 Å². The highest BCUT2D eigenvalue weighted by atomic mass is 16.7. The van der Waals surface area contributed by atoms with E-state index in [9.17, 15) is 14.7 Å². The summed E-state index contributed by atoms with van der Waals surface area (Å²) in [5.41, 5.74) is 2.61. The van der Waals surface area contributed by atoms with Gasteiger partial charge in [0.15, 0.2) is 0 Å². The molecule has 0 aromatic heterocycles. The van der Waals surface area contributed by atoms with E-state index >= 15 is 0 Å². The summed E-state index contributed by atoms with van der Waals surface area (Å²) in [6, 6.07) is 14.6. The molecule has 2 aromatic rings. The number of benzene rings is 2. The molecule has 0 spiro atoms. The lowest BCUT2D eigenvalue weighted by Crippen LogP contribution is -2.43. The van der Waals surface area contributed by atoms with Crippen LogP contribution in [-0.2, 0) is 25.9 Å². The second-order valence-corrected chi connectivity index (χ2v) is 11.6. The van der Waals surface area contributed by atoms with E-state index in [1.165, 1.54) is 0 Å². The Labute approximate surface area is 209 Å². The lowest BCUT2D eigenvalue weighted by Gasteiger charge is -2.32. The monoisotopic (exact) mass is 479 g/mol. The van der Waals surface area contributed by atoms with Gasteiger partial charge in [0.05, 0.1) is 17.1 Å². The highest BCUT2D eigenvalue weighted by Crippen LogP contribution is 2.36. The molecule has 1 heterocycles. The third-order valence-corrected chi connectivity index (χ3v) is 7.28. The van der Waals surface area contributed by atoms with E-state index in [4.69, 9.17) is 9.31 Å². The van der Waals surface area contributed by atoms with Crippen LogP contribution in [-0.4, -0.2) is 41.3 Å². The van der Waals surface area contributed by atoms with Crippen molar-refractivity contribution in [2.45, 2.75) is 84.5 Å². The predicted octanol–water partition coefficient (Wildman–Crippen LogP) is 4.35. The second-order valence-electron chi connectivity index (χ2n) is 11.6. The first-order valence-electron chi connectivity index (χ1n) is 12.2. The molecule has 2 aromatic carbocycles. The van der Waals surface area contributed by atoms with Gasteiger partial charge in [-0.25, -0.2) is 0 Å². The zero-order chi connectivity index (χ0) is 26.2. The Morgan fingerprint density at radius 3 is 1.91 bits per heavy atom. The maximum absolute atomic E-state index is 12.9. The minimum absolute atomic E-state index is 0.0123. The largest absolute Gasteiger partial charge is 0.494 e. The third-order valence-electron chi connectivity index (χ3n) is 7.28. The molecule has 0 aliphatic carbocycles. The number of amides is 1. The van der Waals surface area contributed by atoms with Gasteiger partial charge in [-0.05, 0) is 75.2 Å². The van der Waals surface area contributed by atoms with Crippen LogP contribution in [0.25, 0.3) is 0 Å². The molecule has 0 saturated carbocycles. The number of carbonyl (C=O) groups excluding carboxylic acids is 1. The molecule has 6 nitrogen and oxygen atoms in total. The van der Waals surface area contributed by atoms with E-state index in [0.29, 0.717) is 12.0 Å². The minimum atomic E-state index is -0.952. The molecule has 35 heavy (non-hydrogen) atoms. The number of aliphatic carboxylic acids is 1. The van der Waals surface area contributed by atoms with E-state index < -0.39 is 36.2 Å². The number of nitrogens with one attached hydrogen (secondary N) is 1. The van der Waals surface area contributed by atoms with Gasteiger partial charge >= 0.3 is 13.1 Å². The smallest absolute Gasteiger partial charge is 0.481 e. The van der Waals surface area contributed by atoms with Crippen molar-refractivity contribution >= 4 is 24.5 Å². The molecule has 1 unspecified atom stereocenters. The van der Waals surface area contributed by atoms with Gasteiger partial charge in [-0.3, -0.25) is 9.59 Å². The fraction of sp³-hybridized carbons (Fsp3) is 0.500. The Kier molecular flexibility index (Phi) is 7.54. The summed E-state index contributed by atoms with van der Waals surface area (Å²) in [4.78, 5) is 24.7. The molecular weight excluding hydrogens is 441 g/mol. The molecule has 1 aliphatic heterocycles. The molecule has 1 fully saturated rings. The van der Waals surface area contributed by atoms with E-state index in [-0.39, 0.29) is 11.3 Å². The minimum Gasteiger partial charge on any atom is -0.481 e. The Morgan fingerprint density at radius 2 is 1.46 bits per heavy atom. The summed E-state index contributed by atoms with van der Waals surface area (Å²) in [7, 11) is -0.460. The number of carbonyl (C=O) groups is 2. The Bertz CT molecular complexity index is 1040. The molecule has 1 aliphatic rings. The van der Waals surface area contributed by atoms with E-state index in [1.807, 2.05) is 64.1 Å². The quantitative estimate of drug-likeness (QED) is 0.577. The van der Waals surface area contributed by atoms with Crippen LogP contribution in [0.3, 0.4) is 0 Å². The molecule has 0 bridgehead atoms. The van der Waals surface area contributed by atoms with Crippen molar-refractivity contribution in [1.82, 2.24) is 5.32 Å². The molecule has 7 heteroatoms. The van der Waals surface area contributed by atoms with Crippen LogP contribution < -0.4 is 10.8 Å². The fourth-order valence-corrected chi connectivity index (χ4v) is 3.94. The first-order valence-corrected chi connectivity index (χ1v) is 12.2. The van der Waals surface area contributed by atoms with Gasteiger partial charge in [0, 0.05) is 11.6 Å². The zero-order valence-electron chi connectivity index (χ0n) is 22.1. The molecular formula is C28H38BNO5. The van der Waals surface area contributed by atoms with Gasteiger partial charge in [-0.15, -0.1) is 0 Å². The first-order chi connectivity index (χ1) is 16.1. The van der Waals surface area contributed by atoms with Gasteiger partial charge < -0.3 is 19.7 Å². The molecule has 3 rings (SSSR count). The van der Waals surface area contributed by atoms with Crippen molar-refractivity contribution in [2.75, 3.05) is 0 Å². The summed E-state index contributed by atoms with van der Waals surface area (Å²) in [6.07, 6.45) is 0.392. The van der Waals surface area contributed by atoms with Crippen LogP contribution in [0.1, 0.15) is 76.9 Å². The Balaban J connectivity index is 1.73. The van der Waals surface area contributed by atoms with Crippen molar-refractivity contribution < 1.29 is 24.0 Å². The lowest BCUT2D eigenvalue weighted by atomic mass is 9.78. The van der Waals surface area contributed by atoms with Crippen LogP contribution in [0.5, 0.6) is 0 Å². The van der Waals surface area contributed by atoms with Crippen LogP contribution in [0.4, 0.5) is 0 Å². The Morgan fingerprint density at radius 1 is 0.943 bits per heavy atom. The second kappa shape index (κ2) is 9.78. The van der Waals surface area contributed by atoms with Crippen molar-refractivity contribution in [3.63, 3.8) is 0 Å². The van der Waals surface area contributed by atoms with Crippen LogP contribution in [0, 0.1) is 5.92 Å². The van der Waals surface area contributed by atoms with Gasteiger partial charge in [0.1, 0.15) is 0 Å². The van der Waals surface area contributed by atoms with Gasteiger partial charge in [0.25, 0.3) is 5.91 Å². The highest BCUT2D eigenvalue weighted by molar-refractivity contribution is 6.62. The average molecular weight is 479 g/mol. The summed E-state index contributed by atoms with van der Waals surface area (Å²) in [5, 5.41) is 12.6. The van der Waals surface area contributed by atoms with Gasteiger partial charge in [-0.1, -0.05) is 57.2 Å². The van der Waals surface area contributed by atoms with E-state index in [1.54, 1.807) is 19.1 Å². The number of hydrogen-bond donors (Lipinski definition) is 2. The normalized spacial score (nSPS) is 18.7. The van der Waals surface area contributed by atoms with Crippen molar-refractivity contribution in [3.8, 4) is 0 Å². The summed E-state index contributed by atoms with van der Waals surface area (Å²) >= 11 is 0. The average Bonchev–Trinajstić information content (AvgIpc) is 2.99. The van der Waals surface area contributed by atoms with Crippen LogP contribution in [0.15, 0.2) is 48.5 Å². The molecule has 1 amide bonds. The van der Waals surface area contributed by atoms with Crippen molar-refractivity contribution in [2.24, 2.45) is 5.92 Å². The number of hydrogen-bond acceptors (Lipinski definition) is 4. The summed E-state index contributed by atoms with van der Waals surface area (Å²) in [5.74, 6) is -1.99. The molecule has 1 saturated heterocycles. The molecule has 188 valence electrons. The summed E-state index contributed by atoms with van der Waals surface area (Å²) < 4.78 is 12.2. The number of carboxylic acids is 1. The number of carboxylic acid groups (broad SMARTS) is 1. The van der Waals surface area contributed by atoms with Gasteiger partial charge in [-0.2, -0.15) is 0 Å². The molecule has 2 atom stereocenters. The van der Waals surface area contributed by atoms with Gasteiger partial charge in [0.2, 0.25) is 0 Å². The molecule has 0 radical (unpaired) electrons. The zero-order valence-corrected chi connectivity index (χ0v) is 22.1. The SMILES string of the molecule is C[C@H](C(=O)O)C(Cc1ccc(B2OC(C)(C)C(C)(C)O2)cc1)NC(=O)c1ccc(C(C)(C)C)cc1. The number of rotatable bonds is 7. The third kappa shape index (κ3) is 6.14. The van der Waals surface area contributed by atoms with Crippen LogP contribution in [0.2, 0.25) is 0 Å². The molecule has 2 N–H and O–H groups in total. The Hall–Kier alpha value is -2.64. The van der Waals surface area contributed by atoms with Crippen molar-refractivity contribution in [3.05, 3.63) is 65.2 Å². The van der Waals surface area contributed by atoms with Crippen LogP contribution >= 0.6 is 0 Å². The first kappa shape index (κ1) is 27.0. The maximum atomic E-state index is 12.9. The highest BCUT2D eigenvalue weighted by Gasteiger charge is 2.51. The predicted molar refractivity (Wildman–Crippen MR) is 139 cm³/mol. The summed E-state index contributed by atoms with van der Waals surface area (Å²) in [6.45, 7) is 16.0. The van der Waals surface area contributed by atoms with E-state index in [2.05, 4.69) is 26.1 Å². The van der Waals surface area contributed by atoms with Crippen molar-refractivity contribution in [1.29, 1.82) is 0 Å².